The minimum Gasteiger partial charge on any atom is -0.495 e. The van der Waals surface area contributed by atoms with Gasteiger partial charge in [0.15, 0.2) is 11.6 Å². The van der Waals surface area contributed by atoms with Gasteiger partial charge in [0.05, 0.1) is 24.1 Å². The van der Waals surface area contributed by atoms with Crippen molar-refractivity contribution < 1.29 is 23.4 Å². The van der Waals surface area contributed by atoms with Gasteiger partial charge in [0.1, 0.15) is 5.75 Å². The van der Waals surface area contributed by atoms with Crippen LogP contribution in [-0.4, -0.2) is 22.8 Å². The number of nitrogens with zero attached hydrogens (tertiary/aromatic N) is 1. The van der Waals surface area contributed by atoms with Gasteiger partial charge in [0.2, 0.25) is 0 Å². The van der Waals surface area contributed by atoms with E-state index in [1.54, 1.807) is 19.1 Å². The van der Waals surface area contributed by atoms with E-state index in [-0.39, 0.29) is 13.0 Å². The molecule has 0 atom stereocenters. The minimum atomic E-state index is -0.964. The number of carboxylic acid groups (broad SMARTS) is 1. The number of methoxy groups -OCH3 is 1. The Morgan fingerprint density at radius 3 is 2.58 bits per heavy atom. The van der Waals surface area contributed by atoms with E-state index in [0.717, 1.165) is 17.8 Å². The minimum absolute atomic E-state index is 0.169. The van der Waals surface area contributed by atoms with Crippen molar-refractivity contribution in [2.75, 3.05) is 7.11 Å². The standard InChI is InChI=1S/C19H16ClF2NO3/c1-10-12(7-19(24)25)13-6-18(26-2)14(20)8-17(13)23(10)9-11-3-4-15(21)16(22)5-11/h3-6,8H,7,9H2,1-2H3,(H,24,25). The van der Waals surface area contributed by atoms with Crippen LogP contribution in [0, 0.1) is 18.6 Å². The summed E-state index contributed by atoms with van der Waals surface area (Å²) in [7, 11) is 1.48. The van der Waals surface area contributed by atoms with Crippen LogP contribution in [-0.2, 0) is 17.8 Å². The van der Waals surface area contributed by atoms with Crippen LogP contribution in [0.3, 0.4) is 0 Å². The van der Waals surface area contributed by atoms with E-state index < -0.39 is 17.6 Å². The van der Waals surface area contributed by atoms with Gasteiger partial charge in [-0.3, -0.25) is 4.79 Å². The highest BCUT2D eigenvalue weighted by molar-refractivity contribution is 6.32. The predicted molar refractivity (Wildman–Crippen MR) is 95.0 cm³/mol. The van der Waals surface area contributed by atoms with Crippen molar-refractivity contribution in [3.05, 3.63) is 63.8 Å². The van der Waals surface area contributed by atoms with Gasteiger partial charge in [0.25, 0.3) is 0 Å². The molecule has 1 heterocycles. The number of hydrogen-bond acceptors (Lipinski definition) is 2. The van der Waals surface area contributed by atoms with E-state index in [2.05, 4.69) is 0 Å². The fourth-order valence-corrected chi connectivity index (χ4v) is 3.34. The van der Waals surface area contributed by atoms with E-state index in [0.29, 0.717) is 32.8 Å². The van der Waals surface area contributed by atoms with Crippen molar-refractivity contribution in [2.24, 2.45) is 0 Å². The lowest BCUT2D eigenvalue weighted by Gasteiger charge is -2.10. The first-order chi connectivity index (χ1) is 12.3. The molecule has 0 saturated carbocycles. The molecule has 2 aromatic carbocycles. The first-order valence-corrected chi connectivity index (χ1v) is 8.20. The SMILES string of the molecule is COc1cc2c(CC(=O)O)c(C)n(Cc3ccc(F)c(F)c3)c2cc1Cl. The van der Waals surface area contributed by atoms with E-state index in [1.165, 1.54) is 13.2 Å². The summed E-state index contributed by atoms with van der Waals surface area (Å²) in [5.74, 6) is -2.37. The molecule has 0 amide bonds. The zero-order valence-electron chi connectivity index (χ0n) is 14.1. The van der Waals surface area contributed by atoms with Gasteiger partial charge >= 0.3 is 5.97 Å². The molecule has 136 valence electrons. The van der Waals surface area contributed by atoms with Crippen LogP contribution in [0.25, 0.3) is 10.9 Å². The van der Waals surface area contributed by atoms with Crippen molar-refractivity contribution in [1.82, 2.24) is 4.57 Å². The topological polar surface area (TPSA) is 51.5 Å². The fraction of sp³-hybridized carbons (Fsp3) is 0.211. The summed E-state index contributed by atoms with van der Waals surface area (Å²) < 4.78 is 33.8. The fourth-order valence-electron chi connectivity index (χ4n) is 3.10. The highest BCUT2D eigenvalue weighted by atomic mass is 35.5. The first kappa shape index (κ1) is 18.2. The Balaban J connectivity index is 2.20. The molecular formula is C19H16ClF2NO3. The summed E-state index contributed by atoms with van der Waals surface area (Å²) in [6, 6.07) is 7.08. The number of ether oxygens (including phenoxy) is 1. The number of fused-ring (bicyclic) bond motifs is 1. The van der Waals surface area contributed by atoms with Crippen molar-refractivity contribution in [3.63, 3.8) is 0 Å². The maximum Gasteiger partial charge on any atom is 0.307 e. The first-order valence-electron chi connectivity index (χ1n) is 7.82. The highest BCUT2D eigenvalue weighted by Gasteiger charge is 2.19. The molecule has 3 aromatic rings. The third kappa shape index (κ3) is 3.24. The van der Waals surface area contributed by atoms with Crippen LogP contribution in [0.15, 0.2) is 30.3 Å². The molecule has 26 heavy (non-hydrogen) atoms. The van der Waals surface area contributed by atoms with Gasteiger partial charge < -0.3 is 14.4 Å². The normalized spacial score (nSPS) is 11.1. The summed E-state index contributed by atoms with van der Waals surface area (Å²) in [6.45, 7) is 2.04. The highest BCUT2D eigenvalue weighted by Crippen LogP contribution is 2.35. The van der Waals surface area contributed by atoms with E-state index in [4.69, 9.17) is 16.3 Å². The summed E-state index contributed by atoms with van der Waals surface area (Å²) >= 11 is 6.23. The summed E-state index contributed by atoms with van der Waals surface area (Å²) in [6.07, 6.45) is -0.169. The smallest absolute Gasteiger partial charge is 0.307 e. The molecule has 0 aliphatic heterocycles. The van der Waals surface area contributed by atoms with Crippen molar-refractivity contribution in [1.29, 1.82) is 0 Å². The monoisotopic (exact) mass is 379 g/mol. The molecule has 7 heteroatoms. The molecule has 0 fully saturated rings. The van der Waals surface area contributed by atoms with Gasteiger partial charge in [-0.1, -0.05) is 17.7 Å². The maximum absolute atomic E-state index is 13.5. The third-order valence-corrected chi connectivity index (χ3v) is 4.68. The average Bonchev–Trinajstić information content (AvgIpc) is 2.82. The number of benzene rings is 2. The molecule has 1 aromatic heterocycles. The van der Waals surface area contributed by atoms with Gasteiger partial charge in [0, 0.05) is 17.6 Å². The van der Waals surface area contributed by atoms with Crippen LogP contribution in [0.2, 0.25) is 5.02 Å². The summed E-state index contributed by atoms with van der Waals surface area (Å²) in [4.78, 5) is 11.3. The largest absolute Gasteiger partial charge is 0.495 e. The molecule has 3 rings (SSSR count). The van der Waals surface area contributed by atoms with Crippen LogP contribution >= 0.6 is 11.6 Å². The number of rotatable bonds is 5. The maximum atomic E-state index is 13.5. The van der Waals surface area contributed by atoms with Crippen molar-refractivity contribution >= 4 is 28.5 Å². The molecular weight excluding hydrogens is 364 g/mol. The van der Waals surface area contributed by atoms with Crippen LogP contribution in [0.1, 0.15) is 16.8 Å². The molecule has 0 spiro atoms. The van der Waals surface area contributed by atoms with Crippen molar-refractivity contribution in [3.8, 4) is 5.75 Å². The Morgan fingerprint density at radius 1 is 1.23 bits per heavy atom. The molecule has 0 unspecified atom stereocenters. The zero-order valence-corrected chi connectivity index (χ0v) is 14.9. The number of carboxylic acids is 1. The Bertz CT molecular complexity index is 1010. The average molecular weight is 380 g/mol. The Kier molecular flexibility index (Phi) is 4.87. The molecule has 0 aliphatic rings. The second-order valence-electron chi connectivity index (χ2n) is 5.97. The number of halogens is 3. The predicted octanol–water partition coefficient (Wildman–Crippen LogP) is 4.57. The van der Waals surface area contributed by atoms with Gasteiger partial charge in [-0.2, -0.15) is 0 Å². The van der Waals surface area contributed by atoms with Crippen LogP contribution < -0.4 is 4.74 Å². The molecule has 0 saturated heterocycles. The Morgan fingerprint density at radius 2 is 1.96 bits per heavy atom. The van der Waals surface area contributed by atoms with Gasteiger partial charge in [-0.15, -0.1) is 0 Å². The molecule has 0 aliphatic carbocycles. The second-order valence-corrected chi connectivity index (χ2v) is 6.38. The Labute approximate surface area is 153 Å². The van der Waals surface area contributed by atoms with Crippen LogP contribution in [0.5, 0.6) is 5.75 Å². The van der Waals surface area contributed by atoms with Gasteiger partial charge in [-0.25, -0.2) is 8.78 Å². The molecule has 0 bridgehead atoms. The number of carbonyl (C=O) groups is 1. The molecule has 1 N–H and O–H groups in total. The summed E-state index contributed by atoms with van der Waals surface area (Å²) in [5, 5.41) is 10.3. The molecule has 0 radical (unpaired) electrons. The Hall–Kier alpha value is -2.60. The van der Waals surface area contributed by atoms with Crippen LogP contribution in [0.4, 0.5) is 8.78 Å². The third-order valence-electron chi connectivity index (χ3n) is 4.38. The molecule has 4 nitrogen and oxygen atoms in total. The number of hydrogen-bond donors (Lipinski definition) is 1. The lowest BCUT2D eigenvalue weighted by atomic mass is 10.1. The van der Waals surface area contributed by atoms with E-state index in [9.17, 15) is 18.7 Å². The second kappa shape index (κ2) is 6.96. The van der Waals surface area contributed by atoms with E-state index >= 15 is 0 Å². The lowest BCUT2D eigenvalue weighted by Crippen LogP contribution is -2.05. The van der Waals surface area contributed by atoms with Crippen molar-refractivity contribution in [2.45, 2.75) is 19.9 Å². The van der Waals surface area contributed by atoms with Gasteiger partial charge in [-0.05, 0) is 42.3 Å². The number of aliphatic carboxylic acids is 1. The lowest BCUT2D eigenvalue weighted by molar-refractivity contribution is -0.136. The van der Waals surface area contributed by atoms with E-state index in [1.807, 2.05) is 4.57 Å². The number of aromatic nitrogens is 1. The quantitative estimate of drug-likeness (QED) is 0.706. The zero-order chi connectivity index (χ0) is 19.0. The summed E-state index contributed by atoms with van der Waals surface area (Å²) in [5.41, 5.74) is 2.61.